The molecule has 1 N–H and O–H groups in total. The van der Waals surface area contributed by atoms with Crippen molar-refractivity contribution in [2.75, 3.05) is 5.32 Å². The van der Waals surface area contributed by atoms with E-state index in [-0.39, 0.29) is 5.57 Å². The Bertz CT molecular complexity index is 1100. The number of hydrogen-bond acceptors (Lipinski definition) is 4. The number of fused-ring (bicyclic) bond motifs is 1. The van der Waals surface area contributed by atoms with Crippen LogP contribution in [0.2, 0.25) is 0 Å². The van der Waals surface area contributed by atoms with Crippen LogP contribution in [0.25, 0.3) is 11.0 Å². The van der Waals surface area contributed by atoms with Crippen LogP contribution in [0, 0.1) is 25.2 Å². The average molecular weight is 390 g/mol. The molecule has 0 bridgehead atoms. The lowest BCUT2D eigenvalue weighted by Gasteiger charge is -2.13. The summed E-state index contributed by atoms with van der Waals surface area (Å²) in [5.74, 6) is -0.921. The van der Waals surface area contributed by atoms with E-state index in [0.29, 0.717) is 16.3 Å². The van der Waals surface area contributed by atoms with Crippen LogP contribution >= 0.6 is 11.3 Å². The normalized spacial score (nSPS) is 12.2. The lowest BCUT2D eigenvalue weighted by Crippen LogP contribution is -2.17. The Labute approximate surface area is 156 Å². The molecule has 1 aromatic carbocycles. The van der Waals surface area contributed by atoms with Gasteiger partial charge in [0, 0.05) is 11.1 Å². The van der Waals surface area contributed by atoms with Crippen LogP contribution in [0.15, 0.2) is 36.0 Å². The van der Waals surface area contributed by atoms with Crippen molar-refractivity contribution in [1.82, 2.24) is 9.38 Å². The molecular formula is C18H13F3N4OS. The number of para-hydroxylation sites is 1. The molecule has 27 heavy (non-hydrogen) atoms. The van der Waals surface area contributed by atoms with Gasteiger partial charge >= 0.3 is 6.18 Å². The maximum absolute atomic E-state index is 13.1. The number of nitrogens with one attached hydrogen (secondary N) is 1. The zero-order valence-electron chi connectivity index (χ0n) is 14.3. The number of nitriles is 1. The van der Waals surface area contributed by atoms with Gasteiger partial charge in [0.2, 0.25) is 0 Å². The van der Waals surface area contributed by atoms with Gasteiger partial charge in [-0.1, -0.05) is 12.1 Å². The Morgan fingerprint density at radius 2 is 2.04 bits per heavy atom. The third kappa shape index (κ3) is 3.71. The highest BCUT2D eigenvalue weighted by molar-refractivity contribution is 7.17. The molecule has 138 valence electrons. The van der Waals surface area contributed by atoms with E-state index in [2.05, 4.69) is 10.3 Å². The molecule has 9 heteroatoms. The van der Waals surface area contributed by atoms with Crippen molar-refractivity contribution in [2.45, 2.75) is 20.0 Å². The van der Waals surface area contributed by atoms with Gasteiger partial charge in [-0.2, -0.15) is 18.4 Å². The molecule has 1 amide bonds. The zero-order valence-corrected chi connectivity index (χ0v) is 15.1. The molecule has 0 aliphatic carbocycles. The van der Waals surface area contributed by atoms with Crippen molar-refractivity contribution in [1.29, 1.82) is 5.26 Å². The number of rotatable bonds is 3. The quantitative estimate of drug-likeness (QED) is 0.526. The number of carbonyl (C=O) groups excluding carboxylic acids is 1. The van der Waals surface area contributed by atoms with E-state index in [4.69, 9.17) is 0 Å². The fraction of sp³-hybridized carbons (Fsp3) is 0.167. The number of anilines is 1. The number of hydrogen-bond donors (Lipinski definition) is 1. The largest absolute Gasteiger partial charge is 0.418 e. The molecule has 3 aromatic rings. The molecule has 0 unspecified atom stereocenters. The fourth-order valence-corrected chi connectivity index (χ4v) is 3.45. The smallest absolute Gasteiger partial charge is 0.321 e. The number of imidazole rings is 1. The molecule has 0 spiro atoms. The van der Waals surface area contributed by atoms with Gasteiger partial charge in [-0.25, -0.2) is 4.98 Å². The minimum atomic E-state index is -4.62. The van der Waals surface area contributed by atoms with Gasteiger partial charge in [0.15, 0.2) is 4.96 Å². The van der Waals surface area contributed by atoms with Crippen molar-refractivity contribution >= 4 is 34.0 Å². The first-order valence-electron chi connectivity index (χ1n) is 7.75. The summed E-state index contributed by atoms with van der Waals surface area (Å²) in [4.78, 5) is 18.5. The molecule has 0 saturated carbocycles. The summed E-state index contributed by atoms with van der Waals surface area (Å²) in [6, 6.07) is 6.35. The third-order valence-corrected chi connectivity index (χ3v) is 4.69. The molecule has 0 fully saturated rings. The van der Waals surface area contributed by atoms with E-state index in [0.717, 1.165) is 17.0 Å². The van der Waals surface area contributed by atoms with Gasteiger partial charge in [-0.15, -0.1) is 11.3 Å². The fourth-order valence-electron chi connectivity index (χ4n) is 2.57. The molecule has 5 nitrogen and oxygen atoms in total. The minimum absolute atomic E-state index is 0.319. The number of thiazole rings is 1. The van der Waals surface area contributed by atoms with Crippen LogP contribution < -0.4 is 5.32 Å². The summed E-state index contributed by atoms with van der Waals surface area (Å²) in [6.07, 6.45) is -1.48. The van der Waals surface area contributed by atoms with Gasteiger partial charge in [-0.05, 0) is 32.1 Å². The monoisotopic (exact) mass is 390 g/mol. The molecule has 3 rings (SSSR count). The predicted molar refractivity (Wildman–Crippen MR) is 96.2 cm³/mol. The van der Waals surface area contributed by atoms with E-state index in [1.54, 1.807) is 17.4 Å². The molecule has 0 atom stereocenters. The Morgan fingerprint density at radius 3 is 2.70 bits per heavy atom. The first-order valence-corrected chi connectivity index (χ1v) is 8.57. The first kappa shape index (κ1) is 18.7. The van der Waals surface area contributed by atoms with Crippen LogP contribution in [-0.2, 0) is 11.0 Å². The van der Waals surface area contributed by atoms with Crippen molar-refractivity contribution in [2.24, 2.45) is 0 Å². The SMILES string of the molecule is Cc1cn2c(/C=C(/C#N)C(=O)Nc3ccccc3C(F)(F)F)c(C)nc2s1. The lowest BCUT2D eigenvalue weighted by molar-refractivity contribution is -0.137. The van der Waals surface area contributed by atoms with Crippen LogP contribution in [0.3, 0.4) is 0 Å². The second-order valence-electron chi connectivity index (χ2n) is 5.74. The number of benzene rings is 1. The molecule has 0 aliphatic heterocycles. The highest BCUT2D eigenvalue weighted by atomic mass is 32.1. The van der Waals surface area contributed by atoms with Crippen LogP contribution in [0.1, 0.15) is 21.8 Å². The standard InChI is InChI=1S/C18H13F3N4OS/c1-10-9-25-15(11(2)23-17(25)27-10)7-12(8-22)16(26)24-14-6-4-3-5-13(14)18(19,20)21/h3-7,9H,1-2H3,(H,24,26)/b12-7-. The number of amides is 1. The van der Waals surface area contributed by atoms with E-state index >= 15 is 0 Å². The summed E-state index contributed by atoms with van der Waals surface area (Å²) in [7, 11) is 0. The van der Waals surface area contributed by atoms with Crippen LogP contribution in [-0.4, -0.2) is 15.3 Å². The van der Waals surface area contributed by atoms with Gasteiger partial charge in [-0.3, -0.25) is 9.20 Å². The van der Waals surface area contributed by atoms with E-state index < -0.39 is 23.3 Å². The van der Waals surface area contributed by atoms with Crippen LogP contribution in [0.5, 0.6) is 0 Å². The molecule has 0 aliphatic rings. The number of aryl methyl sites for hydroxylation is 2. The highest BCUT2D eigenvalue weighted by Crippen LogP contribution is 2.34. The Balaban J connectivity index is 1.97. The second-order valence-corrected chi connectivity index (χ2v) is 6.96. The highest BCUT2D eigenvalue weighted by Gasteiger charge is 2.33. The molecule has 0 saturated heterocycles. The average Bonchev–Trinajstić information content (AvgIpc) is 3.07. The first-order chi connectivity index (χ1) is 12.7. The Hall–Kier alpha value is -3.12. The summed E-state index contributed by atoms with van der Waals surface area (Å²) in [5.41, 5.74) is -0.562. The van der Waals surface area contributed by atoms with Crippen molar-refractivity contribution < 1.29 is 18.0 Å². The molecule has 2 heterocycles. The number of carbonyl (C=O) groups is 1. The summed E-state index contributed by atoms with van der Waals surface area (Å²) < 4.78 is 41.0. The Kier molecular flexibility index (Phi) is 4.76. The molecule has 2 aromatic heterocycles. The second kappa shape index (κ2) is 6.89. The van der Waals surface area contributed by atoms with Gasteiger partial charge in [0.1, 0.15) is 11.6 Å². The maximum Gasteiger partial charge on any atom is 0.418 e. The van der Waals surface area contributed by atoms with Crippen LogP contribution in [0.4, 0.5) is 18.9 Å². The topological polar surface area (TPSA) is 70.2 Å². The minimum Gasteiger partial charge on any atom is -0.321 e. The van der Waals surface area contributed by atoms with Crippen molar-refractivity contribution in [3.63, 3.8) is 0 Å². The number of alkyl halides is 3. The van der Waals surface area contributed by atoms with E-state index in [9.17, 15) is 23.2 Å². The number of nitrogens with zero attached hydrogens (tertiary/aromatic N) is 3. The van der Waals surface area contributed by atoms with Crippen molar-refractivity contribution in [3.05, 3.63) is 57.9 Å². The molecule has 0 radical (unpaired) electrons. The third-order valence-electron chi connectivity index (χ3n) is 3.79. The van der Waals surface area contributed by atoms with Gasteiger partial charge < -0.3 is 5.32 Å². The summed E-state index contributed by atoms with van der Waals surface area (Å²) in [6.45, 7) is 3.63. The van der Waals surface area contributed by atoms with Gasteiger partial charge in [0.05, 0.1) is 22.6 Å². The lowest BCUT2D eigenvalue weighted by atomic mass is 10.1. The Morgan fingerprint density at radius 1 is 1.33 bits per heavy atom. The predicted octanol–water partition coefficient (Wildman–Crippen LogP) is 4.58. The zero-order chi connectivity index (χ0) is 19.8. The van der Waals surface area contributed by atoms with E-state index in [1.807, 2.05) is 13.1 Å². The maximum atomic E-state index is 13.1. The number of aromatic nitrogens is 2. The van der Waals surface area contributed by atoms with E-state index in [1.165, 1.54) is 29.5 Å². The number of halogens is 3. The van der Waals surface area contributed by atoms with Crippen molar-refractivity contribution in [3.8, 4) is 6.07 Å². The summed E-state index contributed by atoms with van der Waals surface area (Å²) >= 11 is 1.45. The molecular weight excluding hydrogens is 377 g/mol. The summed E-state index contributed by atoms with van der Waals surface area (Å²) in [5, 5.41) is 11.5. The van der Waals surface area contributed by atoms with Gasteiger partial charge in [0.25, 0.3) is 5.91 Å².